The highest BCUT2D eigenvalue weighted by atomic mass is 35.5. The van der Waals surface area contributed by atoms with Gasteiger partial charge >= 0.3 is 0 Å². The van der Waals surface area contributed by atoms with Gasteiger partial charge in [-0.1, -0.05) is 23.7 Å². The van der Waals surface area contributed by atoms with Crippen LogP contribution in [0.1, 0.15) is 11.1 Å². The molecule has 25 heavy (non-hydrogen) atoms. The Balaban J connectivity index is 1.66. The minimum atomic E-state index is -0.388. The molecule has 9 heteroatoms. The van der Waals surface area contributed by atoms with Crippen molar-refractivity contribution >= 4 is 17.5 Å². The fourth-order valence-corrected chi connectivity index (χ4v) is 2.33. The quantitative estimate of drug-likeness (QED) is 0.691. The summed E-state index contributed by atoms with van der Waals surface area (Å²) in [6.45, 7) is 0.571. The fourth-order valence-electron chi connectivity index (χ4n) is 2.11. The van der Waals surface area contributed by atoms with Gasteiger partial charge in [0.15, 0.2) is 11.5 Å². The highest BCUT2D eigenvalue weighted by Gasteiger charge is 2.08. The standard InChI is InChI=1S/C16H14ClFN5O2/c1-24-15-6-10(8-19-16-20-22-23-21-16)2-5-14(15)25-9-11-3-4-12(18)7-13(11)17/h2-7H,8-9H2,1H3,(H-,19,20,21,22,23)/q-1. The summed E-state index contributed by atoms with van der Waals surface area (Å²) in [7, 11) is 1.55. The van der Waals surface area contributed by atoms with Crippen LogP contribution in [0, 0.1) is 5.82 Å². The number of H-pyrrole nitrogens is 1. The Morgan fingerprint density at radius 3 is 2.80 bits per heavy atom. The minimum Gasteiger partial charge on any atom is -0.493 e. The topological polar surface area (TPSA) is 87.0 Å². The molecule has 0 atom stereocenters. The third-order valence-corrected chi connectivity index (χ3v) is 3.72. The largest absolute Gasteiger partial charge is 0.493 e. The van der Waals surface area contributed by atoms with Crippen LogP contribution in [0.25, 0.3) is 5.32 Å². The van der Waals surface area contributed by atoms with Gasteiger partial charge in [0, 0.05) is 12.1 Å². The summed E-state index contributed by atoms with van der Waals surface area (Å²) in [6.07, 6.45) is 0. The van der Waals surface area contributed by atoms with E-state index in [0.717, 1.165) is 5.56 Å². The van der Waals surface area contributed by atoms with Gasteiger partial charge in [0.1, 0.15) is 12.4 Å². The summed E-state index contributed by atoms with van der Waals surface area (Å²) >= 11 is 6.00. The van der Waals surface area contributed by atoms with Crippen molar-refractivity contribution in [2.24, 2.45) is 0 Å². The summed E-state index contributed by atoms with van der Waals surface area (Å²) in [5.41, 5.74) is 1.58. The Hall–Kier alpha value is -2.87. The predicted molar refractivity (Wildman–Crippen MR) is 89.6 cm³/mol. The van der Waals surface area contributed by atoms with E-state index in [9.17, 15) is 4.39 Å². The number of rotatable bonds is 7. The average molecular weight is 363 g/mol. The van der Waals surface area contributed by atoms with Crippen LogP contribution in [-0.2, 0) is 13.2 Å². The Labute approximate surface area is 148 Å². The van der Waals surface area contributed by atoms with Crippen molar-refractivity contribution in [3.63, 3.8) is 0 Å². The van der Waals surface area contributed by atoms with Crippen molar-refractivity contribution in [3.8, 4) is 11.5 Å². The summed E-state index contributed by atoms with van der Waals surface area (Å²) in [5.74, 6) is 0.997. The fraction of sp³-hybridized carbons (Fsp3) is 0.188. The first-order valence-electron chi connectivity index (χ1n) is 7.30. The molecule has 1 aromatic heterocycles. The van der Waals surface area contributed by atoms with Crippen LogP contribution < -0.4 is 9.47 Å². The smallest absolute Gasteiger partial charge is 0.161 e. The van der Waals surface area contributed by atoms with Gasteiger partial charge in [0.05, 0.1) is 18.1 Å². The molecule has 0 saturated carbocycles. The highest BCUT2D eigenvalue weighted by molar-refractivity contribution is 6.31. The molecule has 1 N–H and O–H groups in total. The van der Waals surface area contributed by atoms with E-state index >= 15 is 0 Å². The van der Waals surface area contributed by atoms with Gasteiger partial charge in [-0.2, -0.15) is 0 Å². The van der Waals surface area contributed by atoms with Gasteiger partial charge in [-0.15, -0.1) is 5.21 Å². The second-order valence-corrected chi connectivity index (χ2v) is 5.44. The first-order valence-corrected chi connectivity index (χ1v) is 7.68. The molecule has 0 aliphatic rings. The predicted octanol–water partition coefficient (Wildman–Crippen LogP) is 3.79. The van der Waals surface area contributed by atoms with E-state index in [2.05, 4.69) is 25.9 Å². The van der Waals surface area contributed by atoms with E-state index in [1.54, 1.807) is 19.2 Å². The third-order valence-electron chi connectivity index (χ3n) is 3.36. The van der Waals surface area contributed by atoms with Crippen molar-refractivity contribution in [3.05, 3.63) is 63.7 Å². The van der Waals surface area contributed by atoms with Gasteiger partial charge in [0.2, 0.25) is 0 Å². The highest BCUT2D eigenvalue weighted by Crippen LogP contribution is 2.30. The van der Waals surface area contributed by atoms with Crippen molar-refractivity contribution < 1.29 is 13.9 Å². The van der Waals surface area contributed by atoms with Crippen molar-refractivity contribution in [1.29, 1.82) is 0 Å². The van der Waals surface area contributed by atoms with Crippen LogP contribution in [0.3, 0.4) is 0 Å². The van der Waals surface area contributed by atoms with Crippen LogP contribution in [0.5, 0.6) is 11.5 Å². The molecule has 0 fully saturated rings. The van der Waals surface area contributed by atoms with Crippen molar-refractivity contribution in [1.82, 2.24) is 20.6 Å². The number of nitrogens with zero attached hydrogens (tertiary/aromatic N) is 4. The zero-order valence-corrected chi connectivity index (χ0v) is 14.0. The first-order chi connectivity index (χ1) is 12.2. The molecule has 130 valence electrons. The number of tetrazole rings is 1. The molecule has 0 saturated heterocycles. The van der Waals surface area contributed by atoms with Crippen LogP contribution in [0.15, 0.2) is 36.4 Å². The number of hydrogen-bond acceptors (Lipinski definition) is 5. The van der Waals surface area contributed by atoms with E-state index < -0.39 is 0 Å². The number of halogens is 2. The van der Waals surface area contributed by atoms with Crippen LogP contribution in [0.4, 0.5) is 10.3 Å². The second-order valence-electron chi connectivity index (χ2n) is 5.04. The number of nitrogens with one attached hydrogen (secondary N) is 1. The third kappa shape index (κ3) is 4.36. The van der Waals surface area contributed by atoms with E-state index in [0.29, 0.717) is 28.6 Å². The number of aromatic amines is 1. The molecule has 0 amide bonds. The van der Waals surface area contributed by atoms with E-state index in [1.165, 1.54) is 12.1 Å². The Kier molecular flexibility index (Phi) is 5.30. The first kappa shape index (κ1) is 17.0. The Bertz CT molecular complexity index is 845. The maximum atomic E-state index is 13.1. The lowest BCUT2D eigenvalue weighted by atomic mass is 10.2. The molecule has 1 heterocycles. The molecule has 0 spiro atoms. The van der Waals surface area contributed by atoms with Crippen molar-refractivity contribution in [2.45, 2.75) is 13.2 Å². The molecule has 0 radical (unpaired) electrons. The number of benzene rings is 2. The SMILES string of the molecule is COc1cc(C[N-]c2nn[nH]n2)ccc1OCc1ccc(F)cc1Cl. The number of hydrogen-bond donors (Lipinski definition) is 1. The molecule has 7 nitrogen and oxygen atoms in total. The molecule has 2 aromatic carbocycles. The normalized spacial score (nSPS) is 10.5. The van der Waals surface area contributed by atoms with Crippen LogP contribution in [0.2, 0.25) is 5.02 Å². The minimum absolute atomic E-state index is 0.196. The van der Waals surface area contributed by atoms with Gasteiger partial charge in [0.25, 0.3) is 0 Å². The van der Waals surface area contributed by atoms with Gasteiger partial charge in [-0.3, -0.25) is 15.4 Å². The number of aromatic nitrogens is 4. The summed E-state index contributed by atoms with van der Waals surface area (Å²) in [5, 5.41) is 17.8. The monoisotopic (exact) mass is 362 g/mol. The Morgan fingerprint density at radius 1 is 1.20 bits per heavy atom. The van der Waals surface area contributed by atoms with E-state index in [-0.39, 0.29) is 18.4 Å². The van der Waals surface area contributed by atoms with Crippen LogP contribution >= 0.6 is 11.6 Å². The molecule has 0 aliphatic carbocycles. The second kappa shape index (κ2) is 7.80. The van der Waals surface area contributed by atoms with Crippen LogP contribution in [-0.4, -0.2) is 27.7 Å². The van der Waals surface area contributed by atoms with Gasteiger partial charge in [-0.25, -0.2) is 4.39 Å². The van der Waals surface area contributed by atoms with E-state index in [1.807, 2.05) is 12.1 Å². The van der Waals surface area contributed by atoms with Crippen molar-refractivity contribution in [2.75, 3.05) is 7.11 Å². The lowest BCUT2D eigenvalue weighted by Crippen LogP contribution is -1.99. The maximum absolute atomic E-state index is 13.1. The summed E-state index contributed by atoms with van der Waals surface area (Å²) in [6, 6.07) is 9.61. The molecule has 0 aliphatic heterocycles. The molecular formula is C16H14ClFN5O2-. The lowest BCUT2D eigenvalue weighted by Gasteiger charge is -2.14. The summed E-state index contributed by atoms with van der Waals surface area (Å²) in [4.78, 5) is 0. The average Bonchev–Trinajstić information content (AvgIpc) is 3.13. The Morgan fingerprint density at radius 2 is 2.08 bits per heavy atom. The maximum Gasteiger partial charge on any atom is 0.161 e. The zero-order chi connectivity index (χ0) is 17.6. The van der Waals surface area contributed by atoms with Gasteiger partial charge in [-0.05, 0) is 29.8 Å². The lowest BCUT2D eigenvalue weighted by molar-refractivity contribution is 0.284. The number of ether oxygens (including phenoxy) is 2. The molecule has 3 aromatic rings. The van der Waals surface area contributed by atoms with Gasteiger partial charge < -0.3 is 14.8 Å². The zero-order valence-electron chi connectivity index (χ0n) is 13.2. The molecular weight excluding hydrogens is 349 g/mol. The van der Waals surface area contributed by atoms with E-state index in [4.69, 9.17) is 21.1 Å². The molecule has 3 rings (SSSR count). The molecule has 0 bridgehead atoms. The molecule has 0 unspecified atom stereocenters. The summed E-state index contributed by atoms with van der Waals surface area (Å²) < 4.78 is 24.2. The number of methoxy groups -OCH3 is 1.